The van der Waals surface area contributed by atoms with Crippen LogP contribution in [-0.4, -0.2) is 75.4 Å². The van der Waals surface area contributed by atoms with E-state index < -0.39 is 16.0 Å². The second-order valence-corrected chi connectivity index (χ2v) is 9.73. The van der Waals surface area contributed by atoms with Crippen LogP contribution in [0.15, 0.2) is 18.2 Å². The smallest absolute Gasteiger partial charge is 0.279 e. The highest BCUT2D eigenvalue weighted by atomic mass is 35.5. The Balaban J connectivity index is 2.01. The molecular formula is C18H30ClFN4O2S. The van der Waals surface area contributed by atoms with Gasteiger partial charge in [-0.2, -0.15) is 12.7 Å². The minimum atomic E-state index is -3.75. The molecule has 0 radical (unpaired) electrons. The van der Waals surface area contributed by atoms with Crippen LogP contribution in [0.3, 0.4) is 0 Å². The van der Waals surface area contributed by atoms with Crippen molar-refractivity contribution in [3.05, 3.63) is 34.6 Å². The Hall–Kier alpha value is -0.770. The normalized spacial score (nSPS) is 18.4. The summed E-state index contributed by atoms with van der Waals surface area (Å²) in [4.78, 5) is 4.60. The molecule has 27 heavy (non-hydrogen) atoms. The molecule has 1 fully saturated rings. The van der Waals surface area contributed by atoms with Crippen LogP contribution in [0.2, 0.25) is 5.02 Å². The third-order valence-electron chi connectivity index (χ3n) is 5.10. The third kappa shape index (κ3) is 6.10. The molecule has 1 N–H and O–H groups in total. The van der Waals surface area contributed by atoms with Gasteiger partial charge >= 0.3 is 0 Å². The van der Waals surface area contributed by atoms with Crippen LogP contribution in [0.5, 0.6) is 0 Å². The molecule has 0 saturated carbocycles. The van der Waals surface area contributed by atoms with Crippen molar-refractivity contribution >= 4 is 21.8 Å². The number of halogens is 2. The van der Waals surface area contributed by atoms with Crippen molar-refractivity contribution in [2.45, 2.75) is 26.4 Å². The number of likely N-dealkylation sites (N-methyl/N-ethyl adjacent to an activating group) is 1. The van der Waals surface area contributed by atoms with Gasteiger partial charge in [0.15, 0.2) is 0 Å². The molecule has 1 aromatic carbocycles. The van der Waals surface area contributed by atoms with E-state index in [1.807, 2.05) is 0 Å². The maximum Gasteiger partial charge on any atom is 0.279 e. The first-order chi connectivity index (χ1) is 12.6. The monoisotopic (exact) mass is 420 g/mol. The predicted octanol–water partition coefficient (Wildman–Crippen LogP) is 2.02. The zero-order valence-electron chi connectivity index (χ0n) is 16.5. The van der Waals surface area contributed by atoms with Crippen LogP contribution >= 0.6 is 11.6 Å². The van der Waals surface area contributed by atoms with E-state index in [1.165, 1.54) is 19.2 Å². The first-order valence-corrected chi connectivity index (χ1v) is 11.0. The van der Waals surface area contributed by atoms with Crippen LogP contribution in [0.4, 0.5) is 4.39 Å². The summed E-state index contributed by atoms with van der Waals surface area (Å²) in [6.07, 6.45) is 0. The summed E-state index contributed by atoms with van der Waals surface area (Å²) in [5.74, 6) is -0.204. The molecule has 1 aliphatic rings. The first-order valence-electron chi connectivity index (χ1n) is 9.18. The second-order valence-electron chi connectivity index (χ2n) is 7.46. The predicted molar refractivity (Wildman–Crippen MR) is 107 cm³/mol. The number of nitrogens with zero attached hydrogens (tertiary/aromatic N) is 3. The fourth-order valence-corrected chi connectivity index (χ4v) is 4.36. The highest BCUT2D eigenvalue weighted by Gasteiger charge is 2.28. The Morgan fingerprint density at radius 3 is 2.44 bits per heavy atom. The highest BCUT2D eigenvalue weighted by molar-refractivity contribution is 7.87. The van der Waals surface area contributed by atoms with Gasteiger partial charge in [-0.05, 0) is 25.1 Å². The van der Waals surface area contributed by atoms with Gasteiger partial charge < -0.3 is 4.90 Å². The van der Waals surface area contributed by atoms with Crippen molar-refractivity contribution in [1.29, 1.82) is 0 Å². The summed E-state index contributed by atoms with van der Waals surface area (Å²) in [7, 11) is -0.237. The van der Waals surface area contributed by atoms with Gasteiger partial charge in [-0.1, -0.05) is 31.5 Å². The Kier molecular flexibility index (Phi) is 8.03. The Bertz CT molecular complexity index is 704. The van der Waals surface area contributed by atoms with E-state index in [0.717, 1.165) is 30.5 Å². The van der Waals surface area contributed by atoms with E-state index in [2.05, 4.69) is 35.4 Å². The van der Waals surface area contributed by atoms with Gasteiger partial charge in [-0.25, -0.2) is 9.11 Å². The lowest BCUT2D eigenvalue weighted by molar-refractivity contribution is 0.0903. The van der Waals surface area contributed by atoms with E-state index in [4.69, 9.17) is 11.6 Å². The van der Waals surface area contributed by atoms with Gasteiger partial charge in [0.1, 0.15) is 5.82 Å². The summed E-state index contributed by atoms with van der Waals surface area (Å²) >= 11 is 6.01. The number of nitrogens with one attached hydrogen (secondary N) is 1. The number of piperazine rings is 1. The standard InChI is InChI=1S/C18H30ClFN4O2S/c1-14(2)18(24-10-8-22(3)9-11-24)12-21-27(25,26)23(4)13-15-16(19)6-5-7-17(15)20/h5-7,14,18,21H,8-13H2,1-4H3. The fraction of sp³-hybridized carbons (Fsp3) is 0.667. The molecule has 1 aromatic rings. The van der Waals surface area contributed by atoms with E-state index in [-0.39, 0.29) is 23.2 Å². The van der Waals surface area contributed by atoms with Gasteiger partial charge in [-0.15, -0.1) is 0 Å². The topological polar surface area (TPSA) is 55.9 Å². The summed E-state index contributed by atoms with van der Waals surface area (Å²) in [6, 6.07) is 4.43. The van der Waals surface area contributed by atoms with Gasteiger partial charge in [0.25, 0.3) is 10.2 Å². The lowest BCUT2D eigenvalue weighted by atomic mass is 10.0. The number of benzene rings is 1. The quantitative estimate of drug-likeness (QED) is 0.699. The Morgan fingerprint density at radius 2 is 1.89 bits per heavy atom. The Morgan fingerprint density at radius 1 is 1.26 bits per heavy atom. The Labute approximate surface area is 167 Å². The zero-order chi connectivity index (χ0) is 20.2. The van der Waals surface area contributed by atoms with E-state index in [1.54, 1.807) is 6.07 Å². The molecular weight excluding hydrogens is 391 g/mol. The average molecular weight is 421 g/mol. The maximum absolute atomic E-state index is 14.0. The minimum Gasteiger partial charge on any atom is -0.304 e. The molecule has 0 aliphatic carbocycles. The summed E-state index contributed by atoms with van der Waals surface area (Å²) in [5, 5.41) is 0.217. The van der Waals surface area contributed by atoms with Crippen molar-refractivity contribution in [1.82, 2.24) is 18.8 Å². The van der Waals surface area contributed by atoms with Crippen molar-refractivity contribution in [3.8, 4) is 0 Å². The number of hydrogen-bond donors (Lipinski definition) is 1. The van der Waals surface area contributed by atoms with Crippen LogP contribution in [0, 0.1) is 11.7 Å². The molecule has 2 rings (SSSR count). The van der Waals surface area contributed by atoms with E-state index in [9.17, 15) is 12.8 Å². The van der Waals surface area contributed by atoms with Crippen LogP contribution in [-0.2, 0) is 16.8 Å². The van der Waals surface area contributed by atoms with Gasteiger partial charge in [-0.3, -0.25) is 4.90 Å². The van der Waals surface area contributed by atoms with Crippen molar-refractivity contribution < 1.29 is 12.8 Å². The SMILES string of the molecule is CC(C)C(CNS(=O)(=O)N(C)Cc1c(F)cccc1Cl)N1CCN(C)CC1. The minimum absolute atomic E-state index is 0.110. The molecule has 0 aromatic heterocycles. The summed E-state index contributed by atoms with van der Waals surface area (Å²) < 4.78 is 43.0. The maximum atomic E-state index is 14.0. The summed E-state index contributed by atoms with van der Waals surface area (Å²) in [5.41, 5.74) is 0.173. The number of hydrogen-bond acceptors (Lipinski definition) is 4. The lowest BCUT2D eigenvalue weighted by Gasteiger charge is -2.40. The fourth-order valence-electron chi connectivity index (χ4n) is 3.23. The van der Waals surface area contributed by atoms with E-state index >= 15 is 0 Å². The molecule has 0 spiro atoms. The first kappa shape index (κ1) is 22.5. The molecule has 1 unspecified atom stereocenters. The third-order valence-corrected chi connectivity index (χ3v) is 6.94. The number of rotatable bonds is 8. The van der Waals surface area contributed by atoms with Crippen molar-refractivity contribution in [2.75, 3.05) is 46.8 Å². The van der Waals surface area contributed by atoms with Crippen molar-refractivity contribution in [3.63, 3.8) is 0 Å². The van der Waals surface area contributed by atoms with E-state index in [0.29, 0.717) is 12.5 Å². The highest BCUT2D eigenvalue weighted by Crippen LogP contribution is 2.21. The molecule has 1 atom stereocenters. The molecule has 9 heteroatoms. The molecule has 1 saturated heterocycles. The molecule has 0 bridgehead atoms. The lowest BCUT2D eigenvalue weighted by Crippen LogP contribution is -2.55. The summed E-state index contributed by atoms with van der Waals surface area (Å²) in [6.45, 7) is 8.17. The molecule has 0 amide bonds. The largest absolute Gasteiger partial charge is 0.304 e. The molecule has 1 aliphatic heterocycles. The van der Waals surface area contributed by atoms with Crippen LogP contribution in [0.25, 0.3) is 0 Å². The molecule has 1 heterocycles. The average Bonchev–Trinajstić information content (AvgIpc) is 2.59. The zero-order valence-corrected chi connectivity index (χ0v) is 18.0. The van der Waals surface area contributed by atoms with Gasteiger partial charge in [0.05, 0.1) is 0 Å². The van der Waals surface area contributed by atoms with Crippen LogP contribution < -0.4 is 4.72 Å². The van der Waals surface area contributed by atoms with Crippen LogP contribution in [0.1, 0.15) is 19.4 Å². The van der Waals surface area contributed by atoms with Crippen molar-refractivity contribution in [2.24, 2.45) is 5.92 Å². The second kappa shape index (κ2) is 9.62. The van der Waals surface area contributed by atoms with Gasteiger partial charge in [0.2, 0.25) is 0 Å². The van der Waals surface area contributed by atoms with Gasteiger partial charge in [0, 0.05) is 62.9 Å². The molecule has 6 nitrogen and oxygen atoms in total. The molecule has 154 valence electrons.